The van der Waals surface area contributed by atoms with Crippen molar-refractivity contribution in [3.63, 3.8) is 0 Å². The summed E-state index contributed by atoms with van der Waals surface area (Å²) in [7, 11) is 0. The van der Waals surface area contributed by atoms with Crippen molar-refractivity contribution < 1.29 is 22.4 Å². The molecule has 0 aliphatic carbocycles. The molecule has 0 bridgehead atoms. The van der Waals surface area contributed by atoms with Crippen LogP contribution in [0.3, 0.4) is 0 Å². The maximum atomic E-state index is 13.3. The first kappa shape index (κ1) is 21.3. The normalized spacial score (nSPS) is 11.5. The number of hydrogen-bond acceptors (Lipinski definition) is 3. The highest BCUT2D eigenvalue weighted by Crippen LogP contribution is 2.29. The van der Waals surface area contributed by atoms with Crippen molar-refractivity contribution in [1.29, 1.82) is 0 Å². The molecule has 0 atom stereocenters. The minimum absolute atomic E-state index is 0.341. The number of aromatic nitrogens is 4. The van der Waals surface area contributed by atoms with Crippen molar-refractivity contribution in [2.75, 3.05) is 5.32 Å². The number of nitrogens with one attached hydrogen (secondary N) is 1. The highest BCUT2D eigenvalue weighted by Gasteiger charge is 2.33. The number of imidazole rings is 1. The van der Waals surface area contributed by atoms with Gasteiger partial charge in [0.25, 0.3) is 0 Å². The van der Waals surface area contributed by atoms with Crippen LogP contribution in [-0.4, -0.2) is 25.2 Å². The zero-order valence-corrected chi connectivity index (χ0v) is 16.6. The van der Waals surface area contributed by atoms with Gasteiger partial charge >= 0.3 is 6.18 Å². The largest absolute Gasteiger partial charge is 0.435 e. The molecular formula is C22H17F4N5O. The fraction of sp³-hybridized carbons (Fsp3) is 0.136. The Bertz CT molecular complexity index is 1210. The van der Waals surface area contributed by atoms with Crippen molar-refractivity contribution in [3.05, 3.63) is 90.3 Å². The second-order valence-corrected chi connectivity index (χ2v) is 7.01. The summed E-state index contributed by atoms with van der Waals surface area (Å²) in [6.45, 7) is -0.0277. The van der Waals surface area contributed by atoms with Crippen LogP contribution in [0.2, 0.25) is 0 Å². The van der Waals surface area contributed by atoms with Gasteiger partial charge in [-0.1, -0.05) is 30.3 Å². The summed E-state index contributed by atoms with van der Waals surface area (Å²) in [5, 5.41) is 6.11. The van der Waals surface area contributed by atoms with Gasteiger partial charge in [-0.2, -0.15) is 18.3 Å². The molecule has 0 spiro atoms. The van der Waals surface area contributed by atoms with E-state index in [0.717, 1.165) is 22.5 Å². The lowest BCUT2D eigenvalue weighted by Gasteiger charge is -2.12. The van der Waals surface area contributed by atoms with E-state index in [4.69, 9.17) is 0 Å². The molecular weight excluding hydrogens is 426 g/mol. The molecule has 10 heteroatoms. The zero-order chi connectivity index (χ0) is 22.7. The zero-order valence-electron chi connectivity index (χ0n) is 16.6. The van der Waals surface area contributed by atoms with Gasteiger partial charge in [0.1, 0.15) is 23.9 Å². The molecule has 0 unspecified atom stereocenters. The average Bonchev–Trinajstić information content (AvgIpc) is 3.37. The predicted octanol–water partition coefficient (Wildman–Crippen LogP) is 4.59. The Labute approximate surface area is 180 Å². The van der Waals surface area contributed by atoms with Crippen LogP contribution >= 0.6 is 0 Å². The van der Waals surface area contributed by atoms with E-state index in [2.05, 4.69) is 15.4 Å². The van der Waals surface area contributed by atoms with E-state index in [0.29, 0.717) is 23.6 Å². The average molecular weight is 443 g/mol. The Morgan fingerprint density at radius 1 is 1.00 bits per heavy atom. The van der Waals surface area contributed by atoms with E-state index in [1.165, 1.54) is 30.6 Å². The smallest absolute Gasteiger partial charge is 0.312 e. The molecule has 32 heavy (non-hydrogen) atoms. The standard InChI is InChI=1S/C22H17F4N5O/c23-17-8-6-16(7-9-17)20-21(30(14-27-20)12-15-4-2-1-3-5-15)28-19(32)13-31-11-10-18(29-31)22(24,25)26/h1-11,14H,12-13H2,(H,28,32). The van der Waals surface area contributed by atoms with Gasteiger partial charge in [-0.25, -0.2) is 9.37 Å². The van der Waals surface area contributed by atoms with E-state index < -0.39 is 30.1 Å². The Hall–Kier alpha value is -3.95. The molecule has 0 fully saturated rings. The fourth-order valence-electron chi connectivity index (χ4n) is 3.15. The molecule has 6 nitrogen and oxygen atoms in total. The maximum Gasteiger partial charge on any atom is 0.435 e. The van der Waals surface area contributed by atoms with E-state index in [1.54, 1.807) is 4.57 Å². The molecule has 0 saturated heterocycles. The topological polar surface area (TPSA) is 64.7 Å². The number of nitrogens with zero attached hydrogens (tertiary/aromatic N) is 4. The third kappa shape index (κ3) is 4.85. The van der Waals surface area contributed by atoms with Crippen LogP contribution in [-0.2, 0) is 24.1 Å². The fourth-order valence-corrected chi connectivity index (χ4v) is 3.15. The molecule has 2 aromatic carbocycles. The van der Waals surface area contributed by atoms with Crippen LogP contribution in [0.15, 0.2) is 73.2 Å². The molecule has 2 heterocycles. The molecule has 0 saturated carbocycles. The summed E-state index contributed by atoms with van der Waals surface area (Å²) in [5.41, 5.74) is 0.858. The number of halogens is 4. The van der Waals surface area contributed by atoms with Crippen LogP contribution < -0.4 is 5.32 Å². The van der Waals surface area contributed by atoms with Gasteiger partial charge in [-0.05, 0) is 35.9 Å². The lowest BCUT2D eigenvalue weighted by Crippen LogP contribution is -2.22. The molecule has 4 rings (SSSR count). The van der Waals surface area contributed by atoms with Crippen molar-refractivity contribution in [1.82, 2.24) is 19.3 Å². The van der Waals surface area contributed by atoms with Crippen molar-refractivity contribution in [2.45, 2.75) is 19.3 Å². The first-order valence-corrected chi connectivity index (χ1v) is 9.55. The summed E-state index contributed by atoms with van der Waals surface area (Å²) in [6, 6.07) is 15.9. The number of carbonyl (C=O) groups excluding carboxylic acids is 1. The number of benzene rings is 2. The first-order chi connectivity index (χ1) is 15.3. The van der Waals surface area contributed by atoms with E-state index in [9.17, 15) is 22.4 Å². The summed E-state index contributed by atoms with van der Waals surface area (Å²) in [6.07, 6.45) is -1.96. The minimum atomic E-state index is -4.59. The number of rotatable bonds is 6. The van der Waals surface area contributed by atoms with Gasteiger partial charge in [-0.15, -0.1) is 0 Å². The van der Waals surface area contributed by atoms with Crippen LogP contribution in [0, 0.1) is 5.82 Å². The lowest BCUT2D eigenvalue weighted by atomic mass is 10.1. The maximum absolute atomic E-state index is 13.3. The minimum Gasteiger partial charge on any atom is -0.312 e. The van der Waals surface area contributed by atoms with Crippen LogP contribution in [0.4, 0.5) is 23.4 Å². The monoisotopic (exact) mass is 443 g/mol. The van der Waals surface area contributed by atoms with Crippen LogP contribution in [0.5, 0.6) is 0 Å². The van der Waals surface area contributed by atoms with E-state index >= 15 is 0 Å². The second-order valence-electron chi connectivity index (χ2n) is 7.01. The Morgan fingerprint density at radius 2 is 1.72 bits per heavy atom. The quantitative estimate of drug-likeness (QED) is 0.444. The highest BCUT2D eigenvalue weighted by atomic mass is 19.4. The van der Waals surface area contributed by atoms with Gasteiger partial charge < -0.3 is 9.88 Å². The van der Waals surface area contributed by atoms with E-state index in [-0.39, 0.29) is 0 Å². The number of carbonyl (C=O) groups is 1. The van der Waals surface area contributed by atoms with Crippen molar-refractivity contribution in [3.8, 4) is 11.3 Å². The summed E-state index contributed by atoms with van der Waals surface area (Å²) in [4.78, 5) is 17.0. The van der Waals surface area contributed by atoms with Crippen molar-refractivity contribution >= 4 is 11.7 Å². The molecule has 2 aromatic heterocycles. The number of anilines is 1. The molecule has 0 aliphatic rings. The van der Waals surface area contributed by atoms with Gasteiger partial charge in [0, 0.05) is 11.8 Å². The van der Waals surface area contributed by atoms with E-state index in [1.807, 2.05) is 30.3 Å². The predicted molar refractivity (Wildman–Crippen MR) is 109 cm³/mol. The second kappa shape index (κ2) is 8.66. The van der Waals surface area contributed by atoms with Crippen molar-refractivity contribution in [2.24, 2.45) is 0 Å². The first-order valence-electron chi connectivity index (χ1n) is 9.55. The number of amides is 1. The van der Waals surface area contributed by atoms with Crippen LogP contribution in [0.1, 0.15) is 11.3 Å². The number of hydrogen-bond donors (Lipinski definition) is 1. The summed E-state index contributed by atoms with van der Waals surface area (Å²) in [5.74, 6) is -0.657. The third-order valence-corrected chi connectivity index (χ3v) is 4.65. The summed E-state index contributed by atoms with van der Waals surface area (Å²) >= 11 is 0. The molecule has 1 N–H and O–H groups in total. The molecule has 0 radical (unpaired) electrons. The Kier molecular flexibility index (Phi) is 5.76. The van der Waals surface area contributed by atoms with Gasteiger partial charge in [0.2, 0.25) is 5.91 Å². The Morgan fingerprint density at radius 3 is 2.38 bits per heavy atom. The molecule has 4 aromatic rings. The third-order valence-electron chi connectivity index (χ3n) is 4.65. The molecule has 1 amide bonds. The number of alkyl halides is 3. The lowest BCUT2D eigenvalue weighted by molar-refractivity contribution is -0.141. The summed E-state index contributed by atoms with van der Waals surface area (Å²) < 4.78 is 54.2. The SMILES string of the molecule is O=C(Cn1ccc(C(F)(F)F)n1)Nc1c(-c2ccc(F)cc2)ncn1Cc1ccccc1. The van der Waals surface area contributed by atoms with Gasteiger partial charge in [0.15, 0.2) is 5.69 Å². The van der Waals surface area contributed by atoms with Crippen LogP contribution in [0.25, 0.3) is 11.3 Å². The Balaban J connectivity index is 1.61. The van der Waals surface area contributed by atoms with Gasteiger partial charge in [0.05, 0.1) is 12.9 Å². The molecule has 164 valence electrons. The molecule has 0 aliphatic heterocycles. The highest BCUT2D eigenvalue weighted by molar-refractivity contribution is 5.93. The van der Waals surface area contributed by atoms with Gasteiger partial charge in [-0.3, -0.25) is 9.48 Å².